The van der Waals surface area contributed by atoms with Crippen molar-refractivity contribution in [3.63, 3.8) is 0 Å². The molecule has 17 heavy (non-hydrogen) atoms. The highest BCUT2D eigenvalue weighted by molar-refractivity contribution is 5.92. The van der Waals surface area contributed by atoms with Gasteiger partial charge in [-0.15, -0.1) is 0 Å². The molecule has 0 aromatic carbocycles. The maximum atomic E-state index is 11.9. The number of pyridine rings is 1. The van der Waals surface area contributed by atoms with E-state index in [1.165, 1.54) is 4.90 Å². The second-order valence-electron chi connectivity index (χ2n) is 4.14. The molecule has 5 heteroatoms. The minimum absolute atomic E-state index is 0.170. The molecule has 1 rings (SSSR count). The molecule has 0 fully saturated rings. The van der Waals surface area contributed by atoms with Crippen LogP contribution in [0.2, 0.25) is 0 Å². The van der Waals surface area contributed by atoms with Crippen molar-refractivity contribution in [3.05, 3.63) is 29.6 Å². The van der Waals surface area contributed by atoms with Gasteiger partial charge in [-0.3, -0.25) is 14.6 Å². The summed E-state index contributed by atoms with van der Waals surface area (Å²) in [5.74, 6) is -1.77. The predicted octanol–water partition coefficient (Wildman–Crippen LogP) is 1.18. The molecule has 1 amide bonds. The molecule has 1 N–H and O–H groups in total. The second kappa shape index (κ2) is 5.43. The van der Waals surface area contributed by atoms with E-state index in [9.17, 15) is 9.59 Å². The zero-order valence-electron chi connectivity index (χ0n) is 10.2. The van der Waals surface area contributed by atoms with E-state index in [1.807, 2.05) is 6.92 Å². The van der Waals surface area contributed by atoms with Crippen molar-refractivity contribution in [2.45, 2.75) is 13.8 Å². The maximum absolute atomic E-state index is 11.9. The van der Waals surface area contributed by atoms with Gasteiger partial charge in [0.05, 0.1) is 5.92 Å². The molecule has 0 aliphatic rings. The molecular weight excluding hydrogens is 220 g/mol. The molecule has 1 aromatic heterocycles. The molecule has 5 nitrogen and oxygen atoms in total. The van der Waals surface area contributed by atoms with Crippen molar-refractivity contribution in [2.75, 3.05) is 13.6 Å². The van der Waals surface area contributed by atoms with Crippen LogP contribution < -0.4 is 0 Å². The van der Waals surface area contributed by atoms with Gasteiger partial charge in [0.25, 0.3) is 5.91 Å². The third-order valence-corrected chi connectivity index (χ3v) is 2.45. The largest absolute Gasteiger partial charge is 0.481 e. The highest BCUT2D eigenvalue weighted by atomic mass is 16.4. The van der Waals surface area contributed by atoms with Gasteiger partial charge >= 0.3 is 5.97 Å². The minimum atomic E-state index is -0.915. The summed E-state index contributed by atoms with van der Waals surface area (Å²) in [4.78, 5) is 28.0. The maximum Gasteiger partial charge on any atom is 0.308 e. The standard InChI is InChI=1S/C12H16N2O3/c1-8-4-5-13-10(6-8)11(15)14(3)7-9(2)12(16)17/h4-6,9H,7H2,1-3H3,(H,16,17). The van der Waals surface area contributed by atoms with Crippen molar-refractivity contribution >= 4 is 11.9 Å². The first-order valence-corrected chi connectivity index (χ1v) is 5.32. The Morgan fingerprint density at radius 3 is 2.71 bits per heavy atom. The molecule has 0 aliphatic carbocycles. The Balaban J connectivity index is 2.73. The second-order valence-corrected chi connectivity index (χ2v) is 4.14. The Labute approximate surface area is 100 Å². The number of hydrogen-bond acceptors (Lipinski definition) is 3. The van der Waals surface area contributed by atoms with Crippen LogP contribution in [0.15, 0.2) is 18.3 Å². The Hall–Kier alpha value is -1.91. The summed E-state index contributed by atoms with van der Waals surface area (Å²) in [6, 6.07) is 3.49. The Kier molecular flexibility index (Phi) is 4.20. The van der Waals surface area contributed by atoms with Crippen LogP contribution >= 0.6 is 0 Å². The van der Waals surface area contributed by atoms with Gasteiger partial charge in [-0.25, -0.2) is 0 Å². The fourth-order valence-corrected chi connectivity index (χ4v) is 1.42. The van der Waals surface area contributed by atoms with E-state index in [4.69, 9.17) is 5.11 Å². The van der Waals surface area contributed by atoms with Gasteiger partial charge in [0.1, 0.15) is 5.69 Å². The average molecular weight is 236 g/mol. The summed E-state index contributed by atoms with van der Waals surface area (Å²) >= 11 is 0. The lowest BCUT2D eigenvalue weighted by Gasteiger charge is -2.19. The van der Waals surface area contributed by atoms with Crippen LogP contribution in [0.25, 0.3) is 0 Å². The van der Waals surface area contributed by atoms with Gasteiger partial charge in [0, 0.05) is 19.8 Å². The number of carbonyl (C=O) groups excluding carboxylic acids is 1. The number of hydrogen-bond donors (Lipinski definition) is 1. The number of rotatable bonds is 4. The number of aliphatic carboxylic acids is 1. The lowest BCUT2D eigenvalue weighted by atomic mass is 10.1. The van der Waals surface area contributed by atoms with Crippen LogP contribution in [0.1, 0.15) is 23.0 Å². The molecule has 0 bridgehead atoms. The first kappa shape index (κ1) is 13.2. The topological polar surface area (TPSA) is 70.5 Å². The molecule has 0 saturated heterocycles. The summed E-state index contributed by atoms with van der Waals surface area (Å²) in [7, 11) is 1.58. The van der Waals surface area contributed by atoms with Crippen LogP contribution in [-0.4, -0.2) is 40.5 Å². The van der Waals surface area contributed by atoms with Gasteiger partial charge in [-0.1, -0.05) is 6.92 Å². The fourth-order valence-electron chi connectivity index (χ4n) is 1.42. The quantitative estimate of drug-likeness (QED) is 0.852. The fraction of sp³-hybridized carbons (Fsp3) is 0.417. The lowest BCUT2D eigenvalue weighted by molar-refractivity contribution is -0.141. The van der Waals surface area contributed by atoms with Crippen molar-refractivity contribution < 1.29 is 14.7 Å². The molecule has 0 spiro atoms. The minimum Gasteiger partial charge on any atom is -0.481 e. The van der Waals surface area contributed by atoms with Gasteiger partial charge in [0.15, 0.2) is 0 Å². The molecule has 1 heterocycles. The van der Waals surface area contributed by atoms with E-state index < -0.39 is 11.9 Å². The predicted molar refractivity (Wildman–Crippen MR) is 62.7 cm³/mol. The number of carboxylic acids is 1. The van der Waals surface area contributed by atoms with Gasteiger partial charge in [-0.05, 0) is 24.6 Å². The number of aromatic nitrogens is 1. The molecule has 92 valence electrons. The molecular formula is C12H16N2O3. The Bertz CT molecular complexity index is 432. The molecule has 1 atom stereocenters. The third-order valence-electron chi connectivity index (χ3n) is 2.45. The summed E-state index contributed by atoms with van der Waals surface area (Å²) in [6.45, 7) is 3.61. The summed E-state index contributed by atoms with van der Waals surface area (Å²) < 4.78 is 0. The number of aryl methyl sites for hydroxylation is 1. The average Bonchev–Trinajstić information content (AvgIpc) is 2.27. The van der Waals surface area contributed by atoms with Crippen molar-refractivity contribution in [1.29, 1.82) is 0 Å². The van der Waals surface area contributed by atoms with Gasteiger partial charge in [0.2, 0.25) is 0 Å². The van der Waals surface area contributed by atoms with E-state index in [1.54, 1.807) is 32.3 Å². The summed E-state index contributed by atoms with van der Waals surface area (Å²) in [6.07, 6.45) is 1.57. The number of carboxylic acid groups (broad SMARTS) is 1. The van der Waals surface area contributed by atoms with E-state index >= 15 is 0 Å². The highest BCUT2D eigenvalue weighted by Gasteiger charge is 2.19. The number of amides is 1. The van der Waals surface area contributed by atoms with Gasteiger partial charge < -0.3 is 10.0 Å². The highest BCUT2D eigenvalue weighted by Crippen LogP contribution is 2.06. The van der Waals surface area contributed by atoms with Crippen LogP contribution in [-0.2, 0) is 4.79 Å². The van der Waals surface area contributed by atoms with Crippen LogP contribution in [0.3, 0.4) is 0 Å². The van der Waals surface area contributed by atoms with E-state index in [0.29, 0.717) is 5.69 Å². The Morgan fingerprint density at radius 1 is 1.53 bits per heavy atom. The molecule has 0 saturated carbocycles. The van der Waals surface area contributed by atoms with Crippen LogP contribution in [0.5, 0.6) is 0 Å². The Morgan fingerprint density at radius 2 is 2.18 bits per heavy atom. The lowest BCUT2D eigenvalue weighted by Crippen LogP contribution is -2.34. The van der Waals surface area contributed by atoms with Gasteiger partial charge in [-0.2, -0.15) is 0 Å². The summed E-state index contributed by atoms with van der Waals surface area (Å²) in [5.41, 5.74) is 1.29. The number of carbonyl (C=O) groups is 2. The molecule has 1 aromatic rings. The van der Waals surface area contributed by atoms with E-state index in [0.717, 1.165) is 5.56 Å². The van der Waals surface area contributed by atoms with Crippen molar-refractivity contribution in [3.8, 4) is 0 Å². The molecule has 0 radical (unpaired) electrons. The third kappa shape index (κ3) is 3.55. The first-order chi connectivity index (χ1) is 7.91. The number of nitrogens with zero attached hydrogens (tertiary/aromatic N) is 2. The van der Waals surface area contributed by atoms with Crippen LogP contribution in [0, 0.1) is 12.8 Å². The van der Waals surface area contributed by atoms with Crippen molar-refractivity contribution in [1.82, 2.24) is 9.88 Å². The van der Waals surface area contributed by atoms with E-state index in [-0.39, 0.29) is 12.5 Å². The van der Waals surface area contributed by atoms with Crippen molar-refractivity contribution in [2.24, 2.45) is 5.92 Å². The zero-order chi connectivity index (χ0) is 13.0. The van der Waals surface area contributed by atoms with E-state index in [2.05, 4.69) is 4.98 Å². The first-order valence-electron chi connectivity index (χ1n) is 5.32. The smallest absolute Gasteiger partial charge is 0.308 e. The zero-order valence-corrected chi connectivity index (χ0v) is 10.2. The SMILES string of the molecule is Cc1ccnc(C(=O)N(C)CC(C)C(=O)O)c1. The molecule has 1 unspecified atom stereocenters. The summed E-state index contributed by atoms with van der Waals surface area (Å²) in [5, 5.41) is 8.77. The molecule has 0 aliphatic heterocycles. The normalized spacial score (nSPS) is 11.9. The monoisotopic (exact) mass is 236 g/mol. The van der Waals surface area contributed by atoms with Crippen LogP contribution in [0.4, 0.5) is 0 Å².